The smallest absolute Gasteiger partial charge is 0.343 e. The molecule has 1 heterocycles. The molecule has 0 unspecified atom stereocenters. The number of hydrogen-bond acceptors (Lipinski definition) is 17. The minimum Gasteiger partial charge on any atom is -0.457 e. The molecule has 4 aromatic carbocycles. The predicted molar refractivity (Wildman–Crippen MR) is 224 cm³/mol. The molecule has 1 aliphatic carbocycles. The molecule has 0 atom stereocenters. The van der Waals surface area contributed by atoms with Crippen molar-refractivity contribution in [3.05, 3.63) is 130 Å². The molecule has 0 N–H and O–H groups in total. The fourth-order valence-electron chi connectivity index (χ4n) is 5.94. The van der Waals surface area contributed by atoms with E-state index >= 15 is 0 Å². The van der Waals surface area contributed by atoms with Crippen molar-refractivity contribution in [2.24, 2.45) is 11.8 Å². The molecule has 5 aromatic rings. The summed E-state index contributed by atoms with van der Waals surface area (Å²) in [7, 11) is 0. The molecule has 0 spiro atoms. The van der Waals surface area contributed by atoms with E-state index in [1.54, 1.807) is 24.3 Å². The van der Waals surface area contributed by atoms with Gasteiger partial charge in [0, 0.05) is 23.3 Å². The van der Waals surface area contributed by atoms with Gasteiger partial charge in [0.1, 0.15) is 31.9 Å². The van der Waals surface area contributed by atoms with Crippen molar-refractivity contribution in [1.29, 1.82) is 0 Å². The number of hydrogen-bond donors (Lipinski definition) is 0. The lowest BCUT2D eigenvalue weighted by Gasteiger charge is -2.25. The third-order valence-electron chi connectivity index (χ3n) is 9.15. The Kier molecular flexibility index (Phi) is 14.7. The number of ketones is 2. The summed E-state index contributed by atoms with van der Waals surface area (Å²) in [6, 6.07) is 20.4. The lowest BCUT2D eigenvalue weighted by Crippen LogP contribution is -2.30. The van der Waals surface area contributed by atoms with Crippen LogP contribution in [0.25, 0.3) is 9.40 Å². The first-order valence-electron chi connectivity index (χ1n) is 18.4. The quantitative estimate of drug-likeness (QED) is 0.0165. The van der Waals surface area contributed by atoms with Gasteiger partial charge in [-0.05, 0) is 98.5 Å². The van der Waals surface area contributed by atoms with Crippen LogP contribution in [0.15, 0.2) is 110 Å². The van der Waals surface area contributed by atoms with E-state index in [1.807, 2.05) is 0 Å². The van der Waals surface area contributed by atoms with Crippen molar-refractivity contribution in [2.75, 3.05) is 13.6 Å². The monoisotopic (exact) mass is 882 g/mol. The molecular formula is C44H34O14S3. The molecule has 14 nitrogen and oxygen atoms in total. The molecule has 17 heteroatoms. The highest BCUT2D eigenvalue weighted by Crippen LogP contribution is 2.42. The van der Waals surface area contributed by atoms with Gasteiger partial charge in [0.15, 0.2) is 0 Å². The maximum atomic E-state index is 13.3. The Hall–Kier alpha value is -6.82. The van der Waals surface area contributed by atoms with E-state index in [4.69, 9.17) is 45.4 Å². The minimum atomic E-state index is -0.799. The van der Waals surface area contributed by atoms with E-state index < -0.39 is 53.2 Å². The van der Waals surface area contributed by atoms with Crippen LogP contribution in [-0.2, 0) is 28.7 Å². The molecule has 312 valence electrons. The number of benzene rings is 4. The highest BCUT2D eigenvalue weighted by Gasteiger charge is 2.33. The first kappa shape index (κ1) is 43.8. The fourth-order valence-corrected chi connectivity index (χ4v) is 8.50. The first-order chi connectivity index (χ1) is 29.4. The SMILES string of the molecule is C=CC(=O)OCOc1ccc(OC(=O)C2CCC(C(=O)Oc3ccc(OC(=O)c4ccc(C(=O)C(=O)c5ccc(OCOC(=O)C=C)cc5)cc4)c4sc(=S)sc34)CC2)cc1. The zero-order chi connectivity index (χ0) is 43.5. The maximum absolute atomic E-state index is 13.3. The Morgan fingerprint density at radius 3 is 1.41 bits per heavy atom. The van der Waals surface area contributed by atoms with Crippen LogP contribution in [0.4, 0.5) is 0 Å². The van der Waals surface area contributed by atoms with Gasteiger partial charge in [-0.15, -0.1) is 22.7 Å². The molecule has 0 saturated heterocycles. The van der Waals surface area contributed by atoms with E-state index in [9.17, 15) is 33.6 Å². The maximum Gasteiger partial charge on any atom is 0.343 e. The zero-order valence-electron chi connectivity index (χ0n) is 32.0. The van der Waals surface area contributed by atoms with Gasteiger partial charge in [0.25, 0.3) is 0 Å². The van der Waals surface area contributed by atoms with E-state index in [-0.39, 0.29) is 41.8 Å². The highest BCUT2D eigenvalue weighted by atomic mass is 32.2. The Bertz CT molecular complexity index is 2550. The van der Waals surface area contributed by atoms with Gasteiger partial charge in [-0.2, -0.15) is 0 Å². The molecule has 1 saturated carbocycles. The summed E-state index contributed by atoms with van der Waals surface area (Å²) >= 11 is 7.82. The zero-order valence-corrected chi connectivity index (χ0v) is 34.4. The summed E-state index contributed by atoms with van der Waals surface area (Å²) in [6.07, 6.45) is 3.67. The number of esters is 5. The van der Waals surface area contributed by atoms with E-state index in [1.165, 1.54) is 83.3 Å². The van der Waals surface area contributed by atoms with Gasteiger partial charge in [-0.1, -0.05) is 37.5 Å². The van der Waals surface area contributed by atoms with Crippen molar-refractivity contribution in [2.45, 2.75) is 25.7 Å². The highest BCUT2D eigenvalue weighted by molar-refractivity contribution is 7.77. The number of Topliss-reactive ketones (excluding diaryl/α,β-unsaturated/α-hetero) is 2. The van der Waals surface area contributed by atoms with Gasteiger partial charge in [-0.25, -0.2) is 14.4 Å². The van der Waals surface area contributed by atoms with E-state index in [2.05, 4.69) is 13.2 Å². The van der Waals surface area contributed by atoms with Gasteiger partial charge in [0.05, 0.1) is 26.8 Å². The van der Waals surface area contributed by atoms with Crippen molar-refractivity contribution in [3.63, 3.8) is 0 Å². The van der Waals surface area contributed by atoms with E-state index in [0.717, 1.165) is 12.2 Å². The Balaban J connectivity index is 0.999. The van der Waals surface area contributed by atoms with Crippen LogP contribution in [0.1, 0.15) is 56.8 Å². The lowest BCUT2D eigenvalue weighted by atomic mass is 9.82. The number of rotatable bonds is 17. The average Bonchev–Trinajstić information content (AvgIpc) is 3.69. The standard InChI is InChI=1S/C44H34O14S3/c1-3-35(45)54-23-52-30-15-13-26(14-16-30)38(48)37(47)25-5-7-28(8-6-25)42(50)57-33-21-22-34(40-39(33)60-44(59)61-40)58-43(51)29-11-9-27(10-12-29)41(49)56-32-19-17-31(18-20-32)53-24-55-36(46)4-2/h3-8,13-22,27,29H,1-2,9-12,23-24H2. The first-order valence-corrected chi connectivity index (χ1v) is 20.4. The Morgan fingerprint density at radius 1 is 0.541 bits per heavy atom. The third-order valence-corrected chi connectivity index (χ3v) is 11.8. The second-order valence-corrected chi connectivity index (χ2v) is 16.3. The molecule has 0 aliphatic heterocycles. The molecular weight excluding hydrogens is 849 g/mol. The summed E-state index contributed by atoms with van der Waals surface area (Å²) < 4.78 is 38.7. The molecule has 0 amide bonds. The van der Waals surface area contributed by atoms with Gasteiger partial charge in [0.2, 0.25) is 25.2 Å². The van der Waals surface area contributed by atoms with E-state index in [0.29, 0.717) is 55.5 Å². The number of carbonyl (C=O) groups excluding carboxylic acids is 7. The Labute approximate surface area is 360 Å². The molecule has 61 heavy (non-hydrogen) atoms. The van der Waals surface area contributed by atoms with Crippen LogP contribution in [0.3, 0.4) is 0 Å². The molecule has 1 fully saturated rings. The summed E-state index contributed by atoms with van der Waals surface area (Å²) in [6.45, 7) is 5.94. The lowest BCUT2D eigenvalue weighted by molar-refractivity contribution is -0.145. The van der Waals surface area contributed by atoms with Gasteiger partial charge in [-0.3, -0.25) is 19.2 Å². The van der Waals surface area contributed by atoms with Crippen LogP contribution in [0.5, 0.6) is 28.7 Å². The van der Waals surface area contributed by atoms with Crippen LogP contribution in [0, 0.1) is 15.0 Å². The Morgan fingerprint density at radius 2 is 0.934 bits per heavy atom. The van der Waals surface area contributed by atoms with Gasteiger partial charge >= 0.3 is 29.8 Å². The summed E-state index contributed by atoms with van der Waals surface area (Å²) in [5.74, 6) is -3.85. The van der Waals surface area contributed by atoms with Crippen molar-refractivity contribution in [3.8, 4) is 28.7 Å². The summed E-state index contributed by atoms with van der Waals surface area (Å²) in [4.78, 5) is 87.5. The van der Waals surface area contributed by atoms with Crippen LogP contribution < -0.4 is 23.7 Å². The number of ether oxygens (including phenoxy) is 7. The van der Waals surface area contributed by atoms with Gasteiger partial charge < -0.3 is 33.2 Å². The molecule has 1 aromatic heterocycles. The van der Waals surface area contributed by atoms with Crippen molar-refractivity contribution in [1.82, 2.24) is 0 Å². The third kappa shape index (κ3) is 11.5. The van der Waals surface area contributed by atoms with Crippen LogP contribution in [0.2, 0.25) is 0 Å². The topological polar surface area (TPSA) is 184 Å². The number of carbonyl (C=O) groups is 7. The van der Waals surface area contributed by atoms with Crippen LogP contribution >= 0.6 is 34.9 Å². The average molecular weight is 883 g/mol. The largest absolute Gasteiger partial charge is 0.457 e. The molecule has 1 aliphatic rings. The molecule has 6 rings (SSSR count). The fraction of sp³-hybridized carbons (Fsp3) is 0.182. The number of fused-ring (bicyclic) bond motifs is 1. The summed E-state index contributed by atoms with van der Waals surface area (Å²) in [5.41, 5.74) is 0.265. The van der Waals surface area contributed by atoms with Crippen molar-refractivity contribution < 1.29 is 66.7 Å². The predicted octanol–water partition coefficient (Wildman–Crippen LogP) is 8.43. The van der Waals surface area contributed by atoms with Crippen LogP contribution in [-0.4, -0.2) is 55.0 Å². The second kappa shape index (κ2) is 20.4. The van der Waals surface area contributed by atoms with Crippen molar-refractivity contribution >= 4 is 85.7 Å². The normalized spacial score (nSPS) is 14.4. The minimum absolute atomic E-state index is 0.0529. The molecule has 0 radical (unpaired) electrons. The summed E-state index contributed by atoms with van der Waals surface area (Å²) in [5, 5.41) is 0. The molecule has 0 bridgehead atoms. The second-order valence-electron chi connectivity index (χ2n) is 13.0.